The van der Waals surface area contributed by atoms with E-state index in [0.717, 1.165) is 0 Å². The standard InChI is InChI=1S/C10H10BrF2NO2/c1-5-4-14-6(3-7(15)16-2)9(11)8(5)10(12)13/h4,10H,3H2,1-2H3. The van der Waals surface area contributed by atoms with Crippen LogP contribution in [0.1, 0.15) is 23.2 Å². The first kappa shape index (κ1) is 13.0. The van der Waals surface area contributed by atoms with E-state index in [9.17, 15) is 13.6 Å². The second-order valence-corrected chi connectivity index (χ2v) is 3.96. The third kappa shape index (κ3) is 2.75. The van der Waals surface area contributed by atoms with Crippen molar-refractivity contribution in [3.8, 4) is 0 Å². The molecule has 88 valence electrons. The van der Waals surface area contributed by atoms with Crippen LogP contribution >= 0.6 is 15.9 Å². The maximum absolute atomic E-state index is 12.7. The Morgan fingerprint density at radius 2 is 2.25 bits per heavy atom. The molecule has 1 aromatic rings. The van der Waals surface area contributed by atoms with Gasteiger partial charge in [-0.25, -0.2) is 8.78 Å². The highest BCUT2D eigenvalue weighted by Gasteiger charge is 2.19. The number of ether oxygens (including phenoxy) is 1. The van der Waals surface area contributed by atoms with Crippen molar-refractivity contribution in [1.82, 2.24) is 4.98 Å². The van der Waals surface area contributed by atoms with Crippen molar-refractivity contribution in [2.24, 2.45) is 0 Å². The predicted molar refractivity (Wildman–Crippen MR) is 57.4 cm³/mol. The van der Waals surface area contributed by atoms with Crippen molar-refractivity contribution in [1.29, 1.82) is 0 Å². The first-order chi connectivity index (χ1) is 7.47. The molecular formula is C10H10BrF2NO2. The molecule has 0 radical (unpaired) electrons. The van der Waals surface area contributed by atoms with Crippen molar-refractivity contribution in [2.75, 3.05) is 7.11 Å². The lowest BCUT2D eigenvalue weighted by molar-refractivity contribution is -0.139. The van der Waals surface area contributed by atoms with Gasteiger partial charge in [0.05, 0.1) is 19.2 Å². The highest BCUT2D eigenvalue weighted by Crippen LogP contribution is 2.32. The van der Waals surface area contributed by atoms with Crippen LogP contribution in [-0.4, -0.2) is 18.1 Å². The lowest BCUT2D eigenvalue weighted by atomic mass is 10.1. The number of methoxy groups -OCH3 is 1. The van der Waals surface area contributed by atoms with E-state index in [1.54, 1.807) is 6.92 Å². The summed E-state index contributed by atoms with van der Waals surface area (Å²) in [6, 6.07) is 0. The Hall–Kier alpha value is -1.04. The largest absolute Gasteiger partial charge is 0.469 e. The van der Waals surface area contributed by atoms with Crippen LogP contribution in [0, 0.1) is 6.92 Å². The number of carbonyl (C=O) groups excluding carboxylic acids is 1. The molecule has 1 aromatic heterocycles. The summed E-state index contributed by atoms with van der Waals surface area (Å²) < 4.78 is 30.1. The van der Waals surface area contributed by atoms with Crippen LogP contribution in [0.5, 0.6) is 0 Å². The summed E-state index contributed by atoms with van der Waals surface area (Å²) in [5, 5.41) is 0. The Bertz CT molecular complexity index is 410. The molecule has 0 bridgehead atoms. The van der Waals surface area contributed by atoms with Crippen LogP contribution in [-0.2, 0) is 16.0 Å². The van der Waals surface area contributed by atoms with Crippen molar-refractivity contribution in [3.05, 3.63) is 27.5 Å². The average Bonchev–Trinajstić information content (AvgIpc) is 2.21. The smallest absolute Gasteiger partial charge is 0.311 e. The number of hydrogen-bond donors (Lipinski definition) is 0. The van der Waals surface area contributed by atoms with Gasteiger partial charge in [0.15, 0.2) is 0 Å². The van der Waals surface area contributed by atoms with Crippen LogP contribution in [0.3, 0.4) is 0 Å². The van der Waals surface area contributed by atoms with E-state index in [1.165, 1.54) is 13.3 Å². The van der Waals surface area contributed by atoms with Gasteiger partial charge in [0.2, 0.25) is 0 Å². The predicted octanol–water partition coefficient (Wildman–Crippen LogP) is 2.81. The van der Waals surface area contributed by atoms with E-state index in [4.69, 9.17) is 0 Å². The lowest BCUT2D eigenvalue weighted by Gasteiger charge is -2.10. The average molecular weight is 294 g/mol. The van der Waals surface area contributed by atoms with Crippen LogP contribution in [0.25, 0.3) is 0 Å². The number of rotatable bonds is 3. The molecule has 0 spiro atoms. The van der Waals surface area contributed by atoms with E-state index in [-0.39, 0.29) is 22.2 Å². The minimum Gasteiger partial charge on any atom is -0.469 e. The topological polar surface area (TPSA) is 39.2 Å². The number of alkyl halides is 2. The molecule has 6 heteroatoms. The van der Waals surface area contributed by atoms with Gasteiger partial charge >= 0.3 is 5.97 Å². The lowest BCUT2D eigenvalue weighted by Crippen LogP contribution is -2.08. The summed E-state index contributed by atoms with van der Waals surface area (Å²) in [6.07, 6.45) is -1.41. The number of pyridine rings is 1. The second kappa shape index (κ2) is 5.34. The Morgan fingerprint density at radius 3 is 2.75 bits per heavy atom. The molecule has 0 fully saturated rings. The van der Waals surface area contributed by atoms with Gasteiger partial charge in [-0.05, 0) is 28.4 Å². The number of esters is 1. The van der Waals surface area contributed by atoms with Crippen LogP contribution in [0.4, 0.5) is 8.78 Å². The number of hydrogen-bond acceptors (Lipinski definition) is 3. The van der Waals surface area contributed by atoms with Crippen molar-refractivity contribution >= 4 is 21.9 Å². The Balaban J connectivity index is 3.13. The molecule has 0 aliphatic heterocycles. The maximum Gasteiger partial charge on any atom is 0.311 e. The molecular weight excluding hydrogens is 284 g/mol. The van der Waals surface area contributed by atoms with Gasteiger partial charge in [-0.1, -0.05) is 0 Å². The first-order valence-electron chi connectivity index (χ1n) is 4.46. The summed E-state index contributed by atoms with van der Waals surface area (Å²) in [6.45, 7) is 1.54. The molecule has 3 nitrogen and oxygen atoms in total. The molecule has 0 atom stereocenters. The quantitative estimate of drug-likeness (QED) is 0.805. The van der Waals surface area contributed by atoms with E-state index >= 15 is 0 Å². The van der Waals surface area contributed by atoms with Crippen molar-refractivity contribution in [3.63, 3.8) is 0 Å². The molecule has 0 saturated heterocycles. The molecule has 1 heterocycles. The van der Waals surface area contributed by atoms with Gasteiger partial charge in [-0.2, -0.15) is 0 Å². The fourth-order valence-electron chi connectivity index (χ4n) is 1.23. The van der Waals surface area contributed by atoms with E-state index in [0.29, 0.717) is 5.56 Å². The zero-order valence-corrected chi connectivity index (χ0v) is 10.3. The summed E-state index contributed by atoms with van der Waals surface area (Å²) in [5.41, 5.74) is 0.511. The third-order valence-electron chi connectivity index (χ3n) is 2.09. The van der Waals surface area contributed by atoms with E-state index in [1.807, 2.05) is 0 Å². The number of nitrogens with zero attached hydrogens (tertiary/aromatic N) is 1. The Labute approximate surface area is 99.9 Å². The molecule has 16 heavy (non-hydrogen) atoms. The number of halogens is 3. The van der Waals surface area contributed by atoms with Crippen LogP contribution in [0.15, 0.2) is 10.7 Å². The number of aromatic nitrogens is 1. The molecule has 0 aliphatic rings. The van der Waals surface area contributed by atoms with Crippen LogP contribution in [0.2, 0.25) is 0 Å². The molecule has 0 aliphatic carbocycles. The molecule has 0 unspecified atom stereocenters. The SMILES string of the molecule is COC(=O)Cc1ncc(C)c(C(F)F)c1Br. The van der Waals surface area contributed by atoms with Gasteiger partial charge in [-0.3, -0.25) is 9.78 Å². The highest BCUT2D eigenvalue weighted by atomic mass is 79.9. The summed E-state index contributed by atoms with van der Waals surface area (Å²) in [4.78, 5) is 15.0. The van der Waals surface area contributed by atoms with E-state index in [2.05, 4.69) is 25.7 Å². The fraction of sp³-hybridized carbons (Fsp3) is 0.400. The minimum atomic E-state index is -2.60. The second-order valence-electron chi connectivity index (χ2n) is 3.17. The number of carbonyl (C=O) groups is 1. The minimum absolute atomic E-state index is 0.128. The van der Waals surface area contributed by atoms with Gasteiger partial charge in [-0.15, -0.1) is 0 Å². The molecule has 0 N–H and O–H groups in total. The zero-order valence-electron chi connectivity index (χ0n) is 8.76. The van der Waals surface area contributed by atoms with Crippen LogP contribution < -0.4 is 0 Å². The summed E-state index contributed by atoms with van der Waals surface area (Å²) in [5.74, 6) is -0.516. The molecule has 0 saturated carbocycles. The summed E-state index contributed by atoms with van der Waals surface area (Å²) in [7, 11) is 1.23. The molecule has 0 amide bonds. The van der Waals surface area contributed by atoms with Gasteiger partial charge in [0.25, 0.3) is 6.43 Å². The van der Waals surface area contributed by atoms with Crippen molar-refractivity contribution < 1.29 is 18.3 Å². The monoisotopic (exact) mass is 293 g/mol. The molecule has 1 rings (SSSR count). The maximum atomic E-state index is 12.7. The van der Waals surface area contributed by atoms with Gasteiger partial charge in [0.1, 0.15) is 0 Å². The number of aryl methyl sites for hydroxylation is 1. The van der Waals surface area contributed by atoms with Gasteiger partial charge < -0.3 is 4.74 Å². The Morgan fingerprint density at radius 1 is 1.62 bits per heavy atom. The van der Waals surface area contributed by atoms with Gasteiger partial charge in [0, 0.05) is 16.2 Å². The Kier molecular flexibility index (Phi) is 4.35. The fourth-order valence-corrected chi connectivity index (χ4v) is 1.96. The third-order valence-corrected chi connectivity index (χ3v) is 2.97. The molecule has 0 aromatic carbocycles. The van der Waals surface area contributed by atoms with Crippen molar-refractivity contribution in [2.45, 2.75) is 19.8 Å². The first-order valence-corrected chi connectivity index (χ1v) is 5.25. The highest BCUT2D eigenvalue weighted by molar-refractivity contribution is 9.10. The normalized spacial score (nSPS) is 10.6. The summed E-state index contributed by atoms with van der Waals surface area (Å²) >= 11 is 3.04. The van der Waals surface area contributed by atoms with E-state index < -0.39 is 12.4 Å². The zero-order chi connectivity index (χ0) is 12.3.